The van der Waals surface area contributed by atoms with Gasteiger partial charge < -0.3 is 0 Å². The number of aryl methyl sites for hydroxylation is 1. The van der Waals surface area contributed by atoms with E-state index in [0.29, 0.717) is 16.0 Å². The number of nitrogens with one attached hydrogen (secondary N) is 1. The Morgan fingerprint density at radius 3 is 2.78 bits per heavy atom. The number of amides is 1. The van der Waals surface area contributed by atoms with Gasteiger partial charge in [0, 0.05) is 22.1 Å². The number of anilines is 1. The molecule has 2 heterocycles. The van der Waals surface area contributed by atoms with E-state index in [1.807, 2.05) is 19.1 Å². The third kappa shape index (κ3) is 4.47. The van der Waals surface area contributed by atoms with Crippen LogP contribution in [0.4, 0.5) is 5.13 Å². The van der Waals surface area contributed by atoms with Crippen molar-refractivity contribution in [3.63, 3.8) is 0 Å². The first kappa shape index (κ1) is 16.3. The molecule has 1 aromatic carbocycles. The second-order valence-electron chi connectivity index (χ2n) is 4.35. The summed E-state index contributed by atoms with van der Waals surface area (Å²) in [4.78, 5) is 16.2. The molecule has 118 valence electrons. The summed E-state index contributed by atoms with van der Waals surface area (Å²) in [6, 6.07) is 7.22. The van der Waals surface area contributed by atoms with Crippen LogP contribution in [-0.4, -0.2) is 31.2 Å². The second kappa shape index (κ2) is 7.35. The van der Waals surface area contributed by atoms with Gasteiger partial charge in [-0.05, 0) is 31.2 Å². The Balaban J connectivity index is 1.58. The second-order valence-corrected chi connectivity index (χ2v) is 7.95. The van der Waals surface area contributed by atoms with Crippen LogP contribution in [0.5, 0.6) is 0 Å². The minimum atomic E-state index is -0.151. The number of benzene rings is 1. The van der Waals surface area contributed by atoms with Gasteiger partial charge in [0.15, 0.2) is 10.2 Å². The lowest BCUT2D eigenvalue weighted by Crippen LogP contribution is -2.13. The Hall–Kier alpha value is -1.55. The van der Waals surface area contributed by atoms with E-state index in [0.717, 1.165) is 26.4 Å². The Bertz CT molecular complexity index is 817. The highest BCUT2D eigenvalue weighted by Crippen LogP contribution is 2.24. The zero-order valence-electron chi connectivity index (χ0n) is 11.8. The summed E-state index contributed by atoms with van der Waals surface area (Å²) in [5, 5.41) is 12.6. The standard InChI is InChI=1S/C13H10ClN5OS3/c1-7-17-18-13(22-7)21-6-10(20)15-12-16-11(19-23-12)8-2-4-9(14)5-3-8/h2-5H,6H2,1H3,(H,15,16,19,20). The molecule has 0 atom stereocenters. The van der Waals surface area contributed by atoms with E-state index in [9.17, 15) is 4.79 Å². The Morgan fingerprint density at radius 1 is 1.30 bits per heavy atom. The van der Waals surface area contributed by atoms with Crippen molar-refractivity contribution in [2.45, 2.75) is 11.3 Å². The highest BCUT2D eigenvalue weighted by atomic mass is 35.5. The summed E-state index contributed by atoms with van der Waals surface area (Å²) in [5.74, 6) is 0.667. The van der Waals surface area contributed by atoms with Crippen molar-refractivity contribution in [3.8, 4) is 11.4 Å². The van der Waals surface area contributed by atoms with E-state index in [1.54, 1.807) is 12.1 Å². The molecule has 0 fully saturated rings. The fourth-order valence-corrected chi connectivity index (χ4v) is 3.96. The van der Waals surface area contributed by atoms with Crippen LogP contribution in [0.1, 0.15) is 5.01 Å². The molecule has 0 aliphatic rings. The third-order valence-electron chi connectivity index (χ3n) is 2.61. The van der Waals surface area contributed by atoms with Crippen molar-refractivity contribution in [2.24, 2.45) is 0 Å². The molecule has 0 radical (unpaired) electrons. The lowest BCUT2D eigenvalue weighted by atomic mass is 10.2. The number of nitrogens with zero attached hydrogens (tertiary/aromatic N) is 4. The van der Waals surface area contributed by atoms with Gasteiger partial charge in [0.05, 0.1) is 5.75 Å². The van der Waals surface area contributed by atoms with Gasteiger partial charge in [0.25, 0.3) is 0 Å². The molecule has 23 heavy (non-hydrogen) atoms. The van der Waals surface area contributed by atoms with Crippen molar-refractivity contribution in [3.05, 3.63) is 34.3 Å². The highest BCUT2D eigenvalue weighted by molar-refractivity contribution is 8.01. The number of aromatic nitrogens is 4. The molecule has 0 saturated heterocycles. The fourth-order valence-electron chi connectivity index (χ4n) is 1.61. The maximum absolute atomic E-state index is 11.9. The molecular formula is C13H10ClN5OS3. The summed E-state index contributed by atoms with van der Waals surface area (Å²) >= 11 is 9.81. The van der Waals surface area contributed by atoms with Crippen LogP contribution in [0, 0.1) is 6.92 Å². The summed E-state index contributed by atoms with van der Waals surface area (Å²) in [6.45, 7) is 1.88. The zero-order chi connectivity index (χ0) is 16.2. The van der Waals surface area contributed by atoms with Gasteiger partial charge in [-0.3, -0.25) is 10.1 Å². The maximum atomic E-state index is 11.9. The quantitative estimate of drug-likeness (QED) is 0.676. The van der Waals surface area contributed by atoms with E-state index >= 15 is 0 Å². The van der Waals surface area contributed by atoms with Crippen LogP contribution < -0.4 is 5.32 Å². The fraction of sp³-hybridized carbons (Fsp3) is 0.154. The number of halogens is 1. The largest absolute Gasteiger partial charge is 0.300 e. The third-order valence-corrected chi connectivity index (χ3v) is 5.46. The van der Waals surface area contributed by atoms with Crippen LogP contribution in [0.3, 0.4) is 0 Å². The molecule has 0 aliphatic heterocycles. The minimum Gasteiger partial charge on any atom is -0.300 e. The molecule has 1 amide bonds. The van der Waals surface area contributed by atoms with Gasteiger partial charge in [-0.2, -0.15) is 9.36 Å². The molecule has 0 aliphatic carbocycles. The zero-order valence-corrected chi connectivity index (χ0v) is 15.0. The average molecular weight is 384 g/mol. The molecule has 0 spiro atoms. The van der Waals surface area contributed by atoms with Crippen molar-refractivity contribution < 1.29 is 4.79 Å². The van der Waals surface area contributed by atoms with Gasteiger partial charge in [0.2, 0.25) is 11.0 Å². The van der Waals surface area contributed by atoms with Crippen LogP contribution in [0.15, 0.2) is 28.6 Å². The SMILES string of the molecule is Cc1nnc(SCC(=O)Nc2nc(-c3ccc(Cl)cc3)ns2)s1. The predicted molar refractivity (Wildman–Crippen MR) is 94.4 cm³/mol. The van der Waals surface area contributed by atoms with E-state index in [4.69, 9.17) is 11.6 Å². The number of rotatable bonds is 5. The van der Waals surface area contributed by atoms with Crippen molar-refractivity contribution in [2.75, 3.05) is 11.1 Å². The molecule has 6 nitrogen and oxygen atoms in total. The van der Waals surface area contributed by atoms with Gasteiger partial charge >= 0.3 is 0 Å². The molecule has 0 saturated carbocycles. The van der Waals surface area contributed by atoms with Crippen LogP contribution in [0.2, 0.25) is 5.02 Å². The summed E-state index contributed by atoms with van der Waals surface area (Å²) in [6.07, 6.45) is 0. The maximum Gasteiger partial charge on any atom is 0.236 e. The smallest absolute Gasteiger partial charge is 0.236 e. The summed E-state index contributed by atoms with van der Waals surface area (Å²) in [5.41, 5.74) is 0.852. The van der Waals surface area contributed by atoms with Crippen molar-refractivity contribution >= 4 is 57.3 Å². The number of carbonyl (C=O) groups excluding carboxylic acids is 1. The first-order chi connectivity index (χ1) is 11.1. The molecule has 1 N–H and O–H groups in total. The summed E-state index contributed by atoms with van der Waals surface area (Å²) < 4.78 is 5.01. The lowest BCUT2D eigenvalue weighted by molar-refractivity contribution is -0.113. The van der Waals surface area contributed by atoms with E-state index in [-0.39, 0.29) is 11.7 Å². The Kier molecular flexibility index (Phi) is 5.21. The molecule has 2 aromatic heterocycles. The normalized spacial score (nSPS) is 10.7. The molecule has 0 unspecified atom stereocenters. The van der Waals surface area contributed by atoms with Crippen LogP contribution in [0.25, 0.3) is 11.4 Å². The number of thioether (sulfide) groups is 1. The van der Waals surface area contributed by atoms with Gasteiger partial charge in [-0.1, -0.05) is 34.7 Å². The highest BCUT2D eigenvalue weighted by Gasteiger charge is 2.11. The number of hydrogen-bond acceptors (Lipinski definition) is 8. The van der Waals surface area contributed by atoms with E-state index in [2.05, 4.69) is 24.9 Å². The Labute approximate surface area is 149 Å². The molecule has 3 aromatic rings. The van der Waals surface area contributed by atoms with Crippen LogP contribution in [-0.2, 0) is 4.79 Å². The topological polar surface area (TPSA) is 80.7 Å². The average Bonchev–Trinajstić information content (AvgIpc) is 3.15. The Morgan fingerprint density at radius 2 is 2.09 bits per heavy atom. The van der Waals surface area contributed by atoms with Crippen molar-refractivity contribution in [1.82, 2.24) is 19.6 Å². The number of hydrogen-bond donors (Lipinski definition) is 1. The van der Waals surface area contributed by atoms with Gasteiger partial charge in [-0.15, -0.1) is 10.2 Å². The molecule has 3 rings (SSSR count). The predicted octanol–water partition coefficient (Wildman–Crippen LogP) is 3.75. The van der Waals surface area contributed by atoms with Crippen LogP contribution >= 0.6 is 46.2 Å². The molecular weight excluding hydrogens is 374 g/mol. The number of carbonyl (C=O) groups is 1. The van der Waals surface area contributed by atoms with E-state index in [1.165, 1.54) is 23.1 Å². The first-order valence-corrected chi connectivity index (χ1v) is 9.38. The first-order valence-electron chi connectivity index (χ1n) is 6.42. The van der Waals surface area contributed by atoms with Crippen molar-refractivity contribution in [1.29, 1.82) is 0 Å². The minimum absolute atomic E-state index is 0.151. The van der Waals surface area contributed by atoms with Gasteiger partial charge in [0.1, 0.15) is 5.01 Å². The van der Waals surface area contributed by atoms with Gasteiger partial charge in [-0.25, -0.2) is 0 Å². The molecule has 10 heteroatoms. The summed E-state index contributed by atoms with van der Waals surface area (Å²) in [7, 11) is 0. The molecule has 0 bridgehead atoms. The van der Waals surface area contributed by atoms with E-state index < -0.39 is 0 Å². The monoisotopic (exact) mass is 383 g/mol. The lowest BCUT2D eigenvalue weighted by Gasteiger charge is -1.98.